The van der Waals surface area contributed by atoms with Crippen LogP contribution in [-0.4, -0.2) is 44.8 Å². The maximum Gasteiger partial charge on any atom is 0.164 e. The highest BCUT2D eigenvalue weighted by molar-refractivity contribution is 5.79. The van der Waals surface area contributed by atoms with Crippen LogP contribution >= 0.6 is 0 Å². The van der Waals surface area contributed by atoms with Gasteiger partial charge in [0, 0.05) is 35.7 Å². The Morgan fingerprint density at radius 3 is 1.39 bits per heavy atom. The third-order valence-corrected chi connectivity index (χ3v) is 11.8. The minimum atomic E-state index is -0.672. The first-order valence-electron chi connectivity index (χ1n) is 17.5. The number of benzene rings is 3. The standard InChI is InChI=1S/C42H35N9/c1-40(37-46-31-22-13-25-43-34(31)49(37)28-16-7-4-8-17-28)41(2,38-47-32-23-14-26-44-35(32)50(38)29-18-9-5-10-19-29)42(40,3)39-48-33-24-15-27-45-36(33)51(39)30-20-11-6-12-21-30/h4-14,16-23,25-27H,15,24H2,1-3H3. The SMILES string of the molecule is CC1(c2nc3c(n2-c2ccccc2)N=CCC3)C(C)(c2nc3cccnc3n2-c2ccccc2)C1(C)c1nc2cccnc2n1-c1ccccc1. The molecule has 1 saturated carbocycles. The van der Waals surface area contributed by atoms with E-state index in [0.717, 1.165) is 81.2 Å². The fraction of sp³-hybridized carbons (Fsp3) is 0.190. The Morgan fingerprint density at radius 1 is 0.490 bits per heavy atom. The zero-order valence-corrected chi connectivity index (χ0v) is 28.6. The molecule has 2 atom stereocenters. The number of hydrogen-bond acceptors (Lipinski definition) is 6. The van der Waals surface area contributed by atoms with Crippen molar-refractivity contribution in [3.05, 3.63) is 151 Å². The second-order valence-corrected chi connectivity index (χ2v) is 14.0. The van der Waals surface area contributed by atoms with Gasteiger partial charge in [-0.05, 0) is 73.5 Å². The lowest BCUT2D eigenvalue weighted by Gasteiger charge is -2.21. The van der Waals surface area contributed by atoms with Crippen LogP contribution in [0.2, 0.25) is 0 Å². The van der Waals surface area contributed by atoms with Crippen molar-refractivity contribution in [3.8, 4) is 17.1 Å². The molecule has 9 nitrogen and oxygen atoms in total. The van der Waals surface area contributed by atoms with Gasteiger partial charge in [0.15, 0.2) is 17.1 Å². The van der Waals surface area contributed by atoms with Crippen molar-refractivity contribution in [3.63, 3.8) is 0 Å². The van der Waals surface area contributed by atoms with E-state index < -0.39 is 16.2 Å². The van der Waals surface area contributed by atoms with Gasteiger partial charge in [-0.15, -0.1) is 0 Å². The normalized spacial score (nSPS) is 22.4. The van der Waals surface area contributed by atoms with Crippen molar-refractivity contribution >= 4 is 34.4 Å². The Labute approximate surface area is 295 Å². The van der Waals surface area contributed by atoms with Gasteiger partial charge in [0.2, 0.25) is 0 Å². The second kappa shape index (κ2) is 10.6. The van der Waals surface area contributed by atoms with Gasteiger partial charge in [0.05, 0.1) is 21.9 Å². The molecule has 2 aliphatic rings. The summed E-state index contributed by atoms with van der Waals surface area (Å²) in [6.45, 7) is 7.01. The van der Waals surface area contributed by atoms with Crippen LogP contribution in [0.5, 0.6) is 0 Å². The summed E-state index contributed by atoms with van der Waals surface area (Å²) in [6.07, 6.45) is 7.38. The zero-order chi connectivity index (χ0) is 34.4. The summed E-state index contributed by atoms with van der Waals surface area (Å²) < 4.78 is 6.75. The first-order chi connectivity index (χ1) is 25.0. The van der Waals surface area contributed by atoms with Crippen LogP contribution in [0.25, 0.3) is 39.4 Å². The number of aromatic nitrogens is 8. The van der Waals surface area contributed by atoms with Crippen LogP contribution in [-0.2, 0) is 22.7 Å². The molecule has 2 unspecified atom stereocenters. The summed E-state index contributed by atoms with van der Waals surface area (Å²) in [7, 11) is 0. The second-order valence-electron chi connectivity index (χ2n) is 14.0. The van der Waals surface area contributed by atoms with E-state index in [1.165, 1.54) is 0 Å². The van der Waals surface area contributed by atoms with Crippen LogP contribution in [0.15, 0.2) is 133 Å². The highest BCUT2D eigenvalue weighted by Crippen LogP contribution is 2.78. The lowest BCUT2D eigenvalue weighted by molar-refractivity contribution is 0.546. The molecule has 0 saturated heterocycles. The molecule has 0 radical (unpaired) electrons. The maximum absolute atomic E-state index is 5.56. The van der Waals surface area contributed by atoms with Gasteiger partial charge in [-0.3, -0.25) is 13.7 Å². The van der Waals surface area contributed by atoms with E-state index in [4.69, 9.17) is 29.9 Å². The van der Waals surface area contributed by atoms with Gasteiger partial charge >= 0.3 is 0 Å². The van der Waals surface area contributed by atoms with Gasteiger partial charge in [-0.25, -0.2) is 29.9 Å². The van der Waals surface area contributed by atoms with Crippen molar-refractivity contribution < 1.29 is 0 Å². The number of rotatable bonds is 6. The summed E-state index contributed by atoms with van der Waals surface area (Å²) in [6, 6.07) is 39.3. The van der Waals surface area contributed by atoms with Gasteiger partial charge < -0.3 is 0 Å². The molecule has 0 amide bonds. The summed E-state index contributed by atoms with van der Waals surface area (Å²) in [5, 5.41) is 0. The monoisotopic (exact) mass is 665 g/mol. The Hall–Kier alpha value is -6.22. The molecular weight excluding hydrogens is 631 g/mol. The van der Waals surface area contributed by atoms with Crippen molar-refractivity contribution in [1.82, 2.24) is 38.6 Å². The van der Waals surface area contributed by atoms with Crippen LogP contribution < -0.4 is 0 Å². The van der Waals surface area contributed by atoms with E-state index in [1.807, 2.05) is 61.1 Å². The summed E-state index contributed by atoms with van der Waals surface area (Å²) >= 11 is 0. The fourth-order valence-corrected chi connectivity index (χ4v) is 8.87. The Balaban J connectivity index is 1.35. The summed E-state index contributed by atoms with van der Waals surface area (Å²) in [5.41, 5.74) is 5.31. The molecule has 248 valence electrons. The quantitative estimate of drug-likeness (QED) is 0.179. The third-order valence-electron chi connectivity index (χ3n) is 11.8. The number of pyridine rings is 2. The Bertz CT molecular complexity index is 2510. The van der Waals surface area contributed by atoms with Gasteiger partial charge in [0.25, 0.3) is 0 Å². The molecule has 8 aromatic rings. The van der Waals surface area contributed by atoms with Crippen LogP contribution in [0.3, 0.4) is 0 Å². The van der Waals surface area contributed by atoms with E-state index in [9.17, 15) is 0 Å². The average Bonchev–Trinajstić information content (AvgIpc) is 3.75. The molecule has 0 spiro atoms. The molecule has 51 heavy (non-hydrogen) atoms. The van der Waals surface area contributed by atoms with E-state index in [-0.39, 0.29) is 0 Å². The first-order valence-corrected chi connectivity index (χ1v) is 17.5. The van der Waals surface area contributed by atoms with E-state index >= 15 is 0 Å². The first kappa shape index (κ1) is 29.7. The molecule has 6 heterocycles. The molecule has 3 aromatic carbocycles. The van der Waals surface area contributed by atoms with Crippen LogP contribution in [0.4, 0.5) is 5.82 Å². The molecule has 0 bridgehead atoms. The van der Waals surface area contributed by atoms with Gasteiger partial charge in [-0.2, -0.15) is 0 Å². The van der Waals surface area contributed by atoms with Gasteiger partial charge in [-0.1, -0.05) is 75.4 Å². The molecule has 1 fully saturated rings. The summed E-state index contributed by atoms with van der Waals surface area (Å²) in [4.78, 5) is 31.3. The predicted molar refractivity (Wildman–Crippen MR) is 200 cm³/mol. The zero-order valence-electron chi connectivity index (χ0n) is 28.6. The minimum Gasteiger partial charge on any atom is -0.281 e. The number of fused-ring (bicyclic) bond motifs is 3. The molecule has 5 aromatic heterocycles. The lowest BCUT2D eigenvalue weighted by Crippen LogP contribution is -2.24. The van der Waals surface area contributed by atoms with Gasteiger partial charge in [0.1, 0.15) is 28.5 Å². The minimum absolute atomic E-state index is 0.662. The van der Waals surface area contributed by atoms with Crippen molar-refractivity contribution in [2.45, 2.75) is 49.9 Å². The number of aryl methyl sites for hydroxylation is 1. The summed E-state index contributed by atoms with van der Waals surface area (Å²) in [5.74, 6) is 3.62. The molecule has 1 aliphatic carbocycles. The highest BCUT2D eigenvalue weighted by Gasteiger charge is 2.86. The van der Waals surface area contributed by atoms with Crippen molar-refractivity contribution in [1.29, 1.82) is 0 Å². The Morgan fingerprint density at radius 2 is 0.922 bits per heavy atom. The topological polar surface area (TPSA) is 91.6 Å². The van der Waals surface area contributed by atoms with Crippen LogP contribution in [0, 0.1) is 0 Å². The molecule has 10 rings (SSSR count). The predicted octanol–water partition coefficient (Wildman–Crippen LogP) is 8.18. The van der Waals surface area contributed by atoms with Crippen molar-refractivity contribution in [2.75, 3.05) is 0 Å². The molecule has 0 N–H and O–H groups in total. The average molecular weight is 666 g/mol. The number of para-hydroxylation sites is 3. The highest BCUT2D eigenvalue weighted by atomic mass is 15.3. The molecule has 9 heteroatoms. The molecular formula is C42H35N9. The lowest BCUT2D eigenvalue weighted by atomic mass is 9.94. The van der Waals surface area contributed by atoms with E-state index in [2.05, 4.69) is 107 Å². The van der Waals surface area contributed by atoms with Crippen LogP contribution in [0.1, 0.15) is 50.4 Å². The third kappa shape index (κ3) is 3.80. The largest absolute Gasteiger partial charge is 0.281 e. The van der Waals surface area contributed by atoms with Crippen molar-refractivity contribution in [2.24, 2.45) is 4.99 Å². The maximum atomic E-state index is 5.56. The number of imidazole rings is 3. The number of aliphatic imine (C=N–C) groups is 1. The molecule has 1 aliphatic heterocycles. The fourth-order valence-electron chi connectivity index (χ4n) is 8.87. The smallest absolute Gasteiger partial charge is 0.164 e. The van der Waals surface area contributed by atoms with E-state index in [1.54, 1.807) is 0 Å². The number of hydrogen-bond donors (Lipinski definition) is 0. The Kier molecular flexibility index (Phi) is 6.19. The van der Waals surface area contributed by atoms with E-state index in [0.29, 0.717) is 0 Å². The number of nitrogens with zero attached hydrogens (tertiary/aromatic N) is 9.